The van der Waals surface area contributed by atoms with Gasteiger partial charge in [-0.15, -0.1) is 0 Å². The van der Waals surface area contributed by atoms with E-state index in [0.29, 0.717) is 6.04 Å². The molecule has 1 heterocycles. The summed E-state index contributed by atoms with van der Waals surface area (Å²) in [5.41, 5.74) is 1.04. The summed E-state index contributed by atoms with van der Waals surface area (Å²) in [6.07, 6.45) is 5.78. The summed E-state index contributed by atoms with van der Waals surface area (Å²) in [4.78, 5) is 11.5. The summed E-state index contributed by atoms with van der Waals surface area (Å²) >= 11 is 0. The average Bonchev–Trinajstić information content (AvgIpc) is 2.88. The normalized spacial score (nSPS) is 19.6. The van der Waals surface area contributed by atoms with Gasteiger partial charge in [0.2, 0.25) is 5.91 Å². The molecule has 3 nitrogen and oxygen atoms in total. The maximum Gasteiger partial charge on any atom is 0.244 e. The minimum absolute atomic E-state index is 0.0254. The molecule has 2 rings (SSSR count). The van der Waals surface area contributed by atoms with Gasteiger partial charge >= 0.3 is 0 Å². The van der Waals surface area contributed by atoms with Crippen LogP contribution in [0.4, 0.5) is 0 Å². The highest BCUT2D eigenvalue weighted by Gasteiger charge is 2.13. The molecule has 0 radical (unpaired) electrons. The number of carbonyl (C=O) groups is 1. The Hall–Kier alpha value is -1.61. The van der Waals surface area contributed by atoms with Crippen LogP contribution in [0.1, 0.15) is 18.4 Å². The lowest BCUT2D eigenvalue weighted by Crippen LogP contribution is -2.36. The van der Waals surface area contributed by atoms with Crippen LogP contribution >= 0.6 is 0 Å². The minimum Gasteiger partial charge on any atom is -0.351 e. The van der Waals surface area contributed by atoms with E-state index in [1.165, 1.54) is 6.42 Å². The van der Waals surface area contributed by atoms with E-state index < -0.39 is 0 Å². The summed E-state index contributed by atoms with van der Waals surface area (Å²) in [6, 6.07) is 10.3. The Morgan fingerprint density at radius 2 is 2.24 bits per heavy atom. The third kappa shape index (κ3) is 4.04. The Labute approximate surface area is 102 Å². The fourth-order valence-electron chi connectivity index (χ4n) is 1.95. The Morgan fingerprint density at radius 3 is 2.94 bits per heavy atom. The molecule has 1 aromatic rings. The van der Waals surface area contributed by atoms with Crippen LogP contribution in [0.2, 0.25) is 0 Å². The van der Waals surface area contributed by atoms with Crippen molar-refractivity contribution in [2.75, 3.05) is 13.1 Å². The van der Waals surface area contributed by atoms with Crippen molar-refractivity contribution in [3.05, 3.63) is 42.0 Å². The predicted molar refractivity (Wildman–Crippen MR) is 69.5 cm³/mol. The van der Waals surface area contributed by atoms with Gasteiger partial charge < -0.3 is 10.6 Å². The van der Waals surface area contributed by atoms with Crippen LogP contribution in [0.15, 0.2) is 36.4 Å². The van der Waals surface area contributed by atoms with E-state index in [-0.39, 0.29) is 5.91 Å². The topological polar surface area (TPSA) is 41.1 Å². The van der Waals surface area contributed by atoms with Crippen molar-refractivity contribution in [1.29, 1.82) is 0 Å². The first-order valence-corrected chi connectivity index (χ1v) is 6.09. The molecule has 1 unspecified atom stereocenters. The van der Waals surface area contributed by atoms with Gasteiger partial charge in [-0.1, -0.05) is 30.3 Å². The summed E-state index contributed by atoms with van der Waals surface area (Å²) < 4.78 is 0. The number of rotatable bonds is 4. The van der Waals surface area contributed by atoms with Crippen molar-refractivity contribution in [1.82, 2.24) is 10.6 Å². The maximum absolute atomic E-state index is 11.5. The molecular weight excluding hydrogens is 212 g/mol. The molecule has 17 heavy (non-hydrogen) atoms. The standard InChI is InChI=1S/C14H18N2O/c17-14(16-11-13-7-4-10-15-13)9-8-12-5-2-1-3-6-12/h1-3,5-6,8-9,13,15H,4,7,10-11H2,(H,16,17). The third-order valence-corrected chi connectivity index (χ3v) is 2.91. The van der Waals surface area contributed by atoms with Crippen molar-refractivity contribution in [3.8, 4) is 0 Å². The smallest absolute Gasteiger partial charge is 0.244 e. The van der Waals surface area contributed by atoms with Gasteiger partial charge in [0.1, 0.15) is 0 Å². The largest absolute Gasteiger partial charge is 0.351 e. The molecule has 0 bridgehead atoms. The van der Waals surface area contributed by atoms with E-state index in [9.17, 15) is 4.79 Å². The third-order valence-electron chi connectivity index (χ3n) is 2.91. The van der Waals surface area contributed by atoms with Crippen molar-refractivity contribution < 1.29 is 4.79 Å². The van der Waals surface area contributed by atoms with Gasteiger partial charge in [-0.3, -0.25) is 4.79 Å². The number of amides is 1. The Balaban J connectivity index is 1.75. The highest BCUT2D eigenvalue weighted by molar-refractivity contribution is 5.91. The summed E-state index contributed by atoms with van der Waals surface area (Å²) in [5, 5.41) is 6.25. The molecule has 0 spiro atoms. The van der Waals surface area contributed by atoms with Crippen molar-refractivity contribution in [3.63, 3.8) is 0 Å². The summed E-state index contributed by atoms with van der Waals surface area (Å²) in [7, 11) is 0. The van der Waals surface area contributed by atoms with E-state index in [4.69, 9.17) is 0 Å². The molecule has 1 aliphatic rings. The second-order valence-corrected chi connectivity index (χ2v) is 4.28. The Bertz CT molecular complexity index is 380. The van der Waals surface area contributed by atoms with Crippen molar-refractivity contribution >= 4 is 12.0 Å². The molecule has 1 aliphatic heterocycles. The van der Waals surface area contributed by atoms with Crippen LogP contribution in [-0.2, 0) is 4.79 Å². The quantitative estimate of drug-likeness (QED) is 0.771. The first kappa shape index (κ1) is 11.9. The van der Waals surface area contributed by atoms with Gasteiger partial charge in [0.05, 0.1) is 0 Å². The van der Waals surface area contributed by atoms with E-state index in [1.54, 1.807) is 6.08 Å². The lowest BCUT2D eigenvalue weighted by Gasteiger charge is -2.09. The predicted octanol–water partition coefficient (Wildman–Crippen LogP) is 1.57. The molecule has 90 valence electrons. The van der Waals surface area contributed by atoms with E-state index in [2.05, 4.69) is 10.6 Å². The van der Waals surface area contributed by atoms with Crippen LogP contribution in [0.5, 0.6) is 0 Å². The molecule has 1 aromatic carbocycles. The van der Waals surface area contributed by atoms with Crippen LogP contribution < -0.4 is 10.6 Å². The van der Waals surface area contributed by atoms with Gasteiger partial charge in [-0.2, -0.15) is 0 Å². The number of hydrogen-bond donors (Lipinski definition) is 2. The molecule has 1 amide bonds. The van der Waals surface area contributed by atoms with Crippen LogP contribution in [0, 0.1) is 0 Å². The zero-order valence-electron chi connectivity index (χ0n) is 9.86. The maximum atomic E-state index is 11.5. The van der Waals surface area contributed by atoms with Crippen LogP contribution in [0.25, 0.3) is 6.08 Å². The average molecular weight is 230 g/mol. The van der Waals surface area contributed by atoms with Crippen LogP contribution in [0.3, 0.4) is 0 Å². The molecule has 1 saturated heterocycles. The van der Waals surface area contributed by atoms with Gasteiger partial charge in [0.25, 0.3) is 0 Å². The first-order valence-electron chi connectivity index (χ1n) is 6.09. The van der Waals surface area contributed by atoms with E-state index in [1.807, 2.05) is 36.4 Å². The summed E-state index contributed by atoms with van der Waals surface area (Å²) in [5.74, 6) is -0.0254. The highest BCUT2D eigenvalue weighted by atomic mass is 16.1. The number of benzene rings is 1. The molecule has 3 heteroatoms. The number of hydrogen-bond acceptors (Lipinski definition) is 2. The fourth-order valence-corrected chi connectivity index (χ4v) is 1.95. The second-order valence-electron chi connectivity index (χ2n) is 4.28. The van der Waals surface area contributed by atoms with Gasteiger partial charge in [0.15, 0.2) is 0 Å². The van der Waals surface area contributed by atoms with Crippen molar-refractivity contribution in [2.24, 2.45) is 0 Å². The molecule has 0 saturated carbocycles. The molecule has 1 atom stereocenters. The molecule has 0 aromatic heterocycles. The minimum atomic E-state index is -0.0254. The monoisotopic (exact) mass is 230 g/mol. The Morgan fingerprint density at radius 1 is 1.41 bits per heavy atom. The number of nitrogens with one attached hydrogen (secondary N) is 2. The van der Waals surface area contributed by atoms with Crippen LogP contribution in [-0.4, -0.2) is 25.0 Å². The van der Waals surface area contributed by atoms with Gasteiger partial charge in [-0.05, 0) is 31.0 Å². The molecular formula is C14H18N2O. The molecule has 0 aliphatic carbocycles. The lowest BCUT2D eigenvalue weighted by molar-refractivity contribution is -0.116. The second kappa shape index (κ2) is 6.21. The van der Waals surface area contributed by atoms with E-state index >= 15 is 0 Å². The fraction of sp³-hybridized carbons (Fsp3) is 0.357. The lowest BCUT2D eigenvalue weighted by atomic mass is 10.2. The zero-order valence-corrected chi connectivity index (χ0v) is 9.86. The van der Waals surface area contributed by atoms with E-state index in [0.717, 1.165) is 25.1 Å². The highest BCUT2D eigenvalue weighted by Crippen LogP contribution is 2.03. The molecule has 1 fully saturated rings. The van der Waals surface area contributed by atoms with Crippen molar-refractivity contribution in [2.45, 2.75) is 18.9 Å². The van der Waals surface area contributed by atoms with Gasteiger partial charge in [0, 0.05) is 18.7 Å². The SMILES string of the molecule is O=C(C=Cc1ccccc1)NCC1CCCN1. The zero-order chi connectivity index (χ0) is 11.9. The van der Waals surface area contributed by atoms with Gasteiger partial charge in [-0.25, -0.2) is 0 Å². The molecule has 2 N–H and O–H groups in total. The first-order chi connectivity index (χ1) is 8.34. The number of carbonyl (C=O) groups excluding carboxylic acids is 1. The Kier molecular flexibility index (Phi) is 4.33. The summed E-state index contributed by atoms with van der Waals surface area (Å²) in [6.45, 7) is 1.79.